The van der Waals surface area contributed by atoms with Gasteiger partial charge in [0.05, 0.1) is 0 Å². The van der Waals surface area contributed by atoms with Gasteiger partial charge < -0.3 is 13.9 Å². The molecule has 0 bridgehead atoms. The maximum Gasteiger partial charge on any atom is 0.272 e. The van der Waals surface area contributed by atoms with Gasteiger partial charge in [0.1, 0.15) is 0 Å². The summed E-state index contributed by atoms with van der Waals surface area (Å²) in [5.74, 6) is -0.837. The summed E-state index contributed by atoms with van der Waals surface area (Å²) in [6.45, 7) is 4.45. The van der Waals surface area contributed by atoms with E-state index in [0.717, 1.165) is 0 Å². The zero-order valence-electron chi connectivity index (χ0n) is 7.93. The van der Waals surface area contributed by atoms with Crippen LogP contribution in [0.25, 0.3) is 0 Å². The number of alkyl halides is 1. The van der Waals surface area contributed by atoms with E-state index in [1.807, 2.05) is 13.8 Å². The van der Waals surface area contributed by atoms with E-state index in [2.05, 4.69) is 0 Å². The fourth-order valence-corrected chi connectivity index (χ4v) is 1.95. The van der Waals surface area contributed by atoms with E-state index in [4.69, 9.17) is 25.5 Å². The van der Waals surface area contributed by atoms with E-state index in [1.165, 1.54) is 0 Å². The fourth-order valence-electron chi connectivity index (χ4n) is 0.922. The Morgan fingerprint density at radius 1 is 1.42 bits per heavy atom. The molecule has 0 aliphatic heterocycles. The minimum atomic E-state index is -0.837. The molecule has 1 unspecified atom stereocenters. The number of ether oxygens (including phenoxy) is 2. The van der Waals surface area contributed by atoms with E-state index < -0.39 is 15.7 Å². The molecule has 12 heavy (non-hydrogen) atoms. The highest BCUT2D eigenvalue weighted by atomic mass is 35.5. The van der Waals surface area contributed by atoms with Gasteiger partial charge in [-0.1, -0.05) is 6.92 Å². The Balaban J connectivity index is 3.95. The lowest BCUT2D eigenvalue weighted by Crippen LogP contribution is -2.39. The molecule has 0 amide bonds. The van der Waals surface area contributed by atoms with E-state index >= 15 is 0 Å². The second-order valence-electron chi connectivity index (χ2n) is 2.21. The molecule has 0 aliphatic rings. The number of rotatable bonds is 7. The molecule has 0 aromatic heterocycles. The van der Waals surface area contributed by atoms with Crippen LogP contribution in [0.1, 0.15) is 20.3 Å². The molecule has 0 saturated heterocycles. The molecule has 0 fully saturated rings. The van der Waals surface area contributed by atoms with Gasteiger partial charge in [0.2, 0.25) is 0 Å². The highest BCUT2D eigenvalue weighted by Gasteiger charge is 2.28. The van der Waals surface area contributed by atoms with Crippen LogP contribution < -0.4 is 0 Å². The Labute approximate surface area is 81.3 Å². The summed E-state index contributed by atoms with van der Waals surface area (Å²) >= 11 is 5.55. The topological polar surface area (TPSA) is 27.7 Å². The highest BCUT2D eigenvalue weighted by Crippen LogP contribution is 2.17. The van der Waals surface area contributed by atoms with Gasteiger partial charge in [0, 0.05) is 25.6 Å². The van der Waals surface area contributed by atoms with Gasteiger partial charge in [-0.2, -0.15) is 0 Å². The van der Waals surface area contributed by atoms with Crippen molar-refractivity contribution in [2.45, 2.75) is 26.2 Å². The van der Waals surface area contributed by atoms with Gasteiger partial charge in [-0.3, -0.25) is 0 Å². The van der Waals surface area contributed by atoms with E-state index in [9.17, 15) is 0 Å². The van der Waals surface area contributed by atoms with Crippen LogP contribution in [0.2, 0.25) is 0 Å². The van der Waals surface area contributed by atoms with Crippen molar-refractivity contribution in [3.63, 3.8) is 0 Å². The molecule has 3 nitrogen and oxygen atoms in total. The molecule has 0 saturated carbocycles. The summed E-state index contributed by atoms with van der Waals surface area (Å²) < 4.78 is 16.0. The molecule has 0 aromatic carbocycles. The zero-order valence-corrected chi connectivity index (χ0v) is 10.1. The second kappa shape index (κ2) is 6.86. The standard InChI is InChI=1S/C7H17ClO3Si/c1-4-7(9-3,10-5-2)11-12-6-8/h4-6,12H2,1-3H3. The summed E-state index contributed by atoms with van der Waals surface area (Å²) in [5.41, 5.74) is 0.582. The monoisotopic (exact) mass is 212 g/mol. The zero-order chi connectivity index (χ0) is 9.45. The van der Waals surface area contributed by atoms with Gasteiger partial charge in [-0.05, 0) is 6.92 Å². The van der Waals surface area contributed by atoms with Crippen LogP contribution in [0.4, 0.5) is 0 Å². The van der Waals surface area contributed by atoms with Crippen LogP contribution in [0.15, 0.2) is 0 Å². The lowest BCUT2D eigenvalue weighted by Gasteiger charge is -2.30. The quantitative estimate of drug-likeness (QED) is 0.359. The predicted octanol–water partition coefficient (Wildman–Crippen LogP) is 1.03. The number of hydrogen-bond acceptors (Lipinski definition) is 3. The third-order valence-electron chi connectivity index (χ3n) is 1.51. The average molecular weight is 213 g/mol. The van der Waals surface area contributed by atoms with Gasteiger partial charge in [0.15, 0.2) is 9.76 Å². The molecule has 0 heterocycles. The molecular formula is C7H17ClO3Si. The molecular weight excluding hydrogens is 196 g/mol. The maximum absolute atomic E-state index is 5.55. The molecule has 0 rings (SSSR count). The van der Waals surface area contributed by atoms with E-state index in [-0.39, 0.29) is 0 Å². The summed E-state index contributed by atoms with van der Waals surface area (Å²) in [6.07, 6.45) is 0.682. The van der Waals surface area contributed by atoms with E-state index in [0.29, 0.717) is 18.5 Å². The predicted molar refractivity (Wildman–Crippen MR) is 52.0 cm³/mol. The fraction of sp³-hybridized carbons (Fsp3) is 1.00. The van der Waals surface area contributed by atoms with Gasteiger partial charge in [-0.15, -0.1) is 11.6 Å². The summed E-state index contributed by atoms with van der Waals surface area (Å²) in [6, 6.07) is 0. The lowest BCUT2D eigenvalue weighted by molar-refractivity contribution is -0.333. The van der Waals surface area contributed by atoms with Crippen molar-refractivity contribution in [3.8, 4) is 0 Å². The van der Waals surface area contributed by atoms with Gasteiger partial charge in [-0.25, -0.2) is 0 Å². The maximum atomic E-state index is 5.55. The lowest BCUT2D eigenvalue weighted by atomic mass is 10.4. The molecule has 0 aromatic rings. The van der Waals surface area contributed by atoms with Gasteiger partial charge >= 0.3 is 0 Å². The van der Waals surface area contributed by atoms with Crippen LogP contribution in [-0.4, -0.2) is 35.0 Å². The Kier molecular flexibility index (Phi) is 7.08. The first kappa shape index (κ1) is 12.4. The van der Waals surface area contributed by atoms with Crippen molar-refractivity contribution in [3.05, 3.63) is 0 Å². The average Bonchev–Trinajstić information content (AvgIpc) is 2.13. The van der Waals surface area contributed by atoms with Crippen molar-refractivity contribution in [2.75, 3.05) is 19.2 Å². The first-order chi connectivity index (χ1) is 5.74. The van der Waals surface area contributed by atoms with Crippen LogP contribution in [0.3, 0.4) is 0 Å². The van der Waals surface area contributed by atoms with Crippen LogP contribution in [-0.2, 0) is 13.9 Å². The summed E-state index contributed by atoms with van der Waals surface area (Å²) in [4.78, 5) is 0. The third-order valence-corrected chi connectivity index (χ3v) is 2.77. The smallest absolute Gasteiger partial charge is 0.272 e. The van der Waals surface area contributed by atoms with Crippen LogP contribution in [0.5, 0.6) is 0 Å². The summed E-state index contributed by atoms with van der Waals surface area (Å²) in [5, 5.41) is 0. The van der Waals surface area contributed by atoms with Gasteiger partial charge in [0.25, 0.3) is 5.97 Å². The largest absolute Gasteiger partial charge is 0.375 e. The highest BCUT2D eigenvalue weighted by molar-refractivity contribution is 6.45. The van der Waals surface area contributed by atoms with Crippen LogP contribution in [0, 0.1) is 0 Å². The van der Waals surface area contributed by atoms with Crippen LogP contribution >= 0.6 is 11.6 Å². The summed E-state index contributed by atoms with van der Waals surface area (Å²) in [7, 11) is 0.876. The SMILES string of the molecule is CCOC(CC)(OC)O[SiH2]CCl. The molecule has 0 radical (unpaired) electrons. The minimum absolute atomic E-state index is 0.582. The third kappa shape index (κ3) is 3.87. The molecule has 0 aliphatic carbocycles. The number of methoxy groups -OCH3 is 1. The number of hydrogen-bond donors (Lipinski definition) is 0. The molecule has 0 N–H and O–H groups in total. The first-order valence-electron chi connectivity index (χ1n) is 4.13. The second-order valence-corrected chi connectivity index (χ2v) is 4.42. The van der Waals surface area contributed by atoms with Crippen molar-refractivity contribution >= 4 is 21.4 Å². The Hall–Kier alpha value is 0.387. The van der Waals surface area contributed by atoms with Crippen molar-refractivity contribution in [1.29, 1.82) is 0 Å². The normalized spacial score (nSPS) is 17.0. The molecule has 0 spiro atoms. The first-order valence-corrected chi connectivity index (χ1v) is 6.24. The molecule has 1 atom stereocenters. The van der Waals surface area contributed by atoms with Crippen molar-refractivity contribution < 1.29 is 13.9 Å². The molecule has 5 heteroatoms. The Morgan fingerprint density at radius 3 is 2.42 bits per heavy atom. The minimum Gasteiger partial charge on any atom is -0.375 e. The molecule has 74 valence electrons. The number of halogens is 1. The Bertz CT molecular complexity index is 109. The Morgan fingerprint density at radius 2 is 2.08 bits per heavy atom. The van der Waals surface area contributed by atoms with E-state index in [1.54, 1.807) is 7.11 Å². The van der Waals surface area contributed by atoms with Crippen molar-refractivity contribution in [2.24, 2.45) is 0 Å². The van der Waals surface area contributed by atoms with Crippen molar-refractivity contribution in [1.82, 2.24) is 0 Å².